The molecule has 2 saturated heterocycles. The summed E-state index contributed by atoms with van der Waals surface area (Å²) in [6.45, 7) is 1.70. The first-order valence-electron chi connectivity index (χ1n) is 10.1. The summed E-state index contributed by atoms with van der Waals surface area (Å²) in [5.74, 6) is -1.30. The highest BCUT2D eigenvalue weighted by Crippen LogP contribution is 2.21. The topological polar surface area (TPSA) is 95.9 Å². The smallest absolute Gasteiger partial charge is 0.306 e. The second-order valence-electron chi connectivity index (χ2n) is 7.56. The molecule has 0 spiro atoms. The number of carbonyl (C=O) groups is 3. The molecule has 0 saturated carbocycles. The number of hydrogen-bond acceptors (Lipinski definition) is 4. The van der Waals surface area contributed by atoms with E-state index in [2.05, 4.69) is 5.32 Å². The highest BCUT2D eigenvalue weighted by Gasteiger charge is 2.27. The summed E-state index contributed by atoms with van der Waals surface area (Å²) in [5.41, 5.74) is 1.21. The van der Waals surface area contributed by atoms with Crippen LogP contribution in [0.15, 0.2) is 24.3 Å². The number of rotatable bonds is 6. The fraction of sp³-hybridized carbons (Fsp3) is 0.571. The van der Waals surface area contributed by atoms with Gasteiger partial charge in [-0.2, -0.15) is 0 Å². The number of carboxylic acids is 1. The third kappa shape index (κ3) is 5.55. The highest BCUT2D eigenvalue weighted by molar-refractivity contribution is 5.96. The Hall–Kier alpha value is -2.41. The van der Waals surface area contributed by atoms with Crippen LogP contribution in [0.1, 0.15) is 55.3 Å². The van der Waals surface area contributed by atoms with Crippen molar-refractivity contribution in [1.29, 1.82) is 0 Å². The number of likely N-dealkylation sites (tertiary alicyclic amines) is 1. The van der Waals surface area contributed by atoms with E-state index in [0.29, 0.717) is 43.6 Å². The van der Waals surface area contributed by atoms with Gasteiger partial charge >= 0.3 is 5.97 Å². The molecule has 2 aliphatic rings. The number of hydrogen-bond donors (Lipinski definition) is 2. The lowest BCUT2D eigenvalue weighted by atomic mass is 9.96. The largest absolute Gasteiger partial charge is 0.481 e. The van der Waals surface area contributed by atoms with E-state index in [0.717, 1.165) is 32.3 Å². The molecule has 2 amide bonds. The van der Waals surface area contributed by atoms with Gasteiger partial charge in [0.15, 0.2) is 0 Å². The van der Waals surface area contributed by atoms with Crippen molar-refractivity contribution in [2.45, 2.75) is 51.0 Å². The van der Waals surface area contributed by atoms with Gasteiger partial charge in [-0.25, -0.2) is 0 Å². The third-order valence-electron chi connectivity index (χ3n) is 5.51. The number of amides is 2. The van der Waals surface area contributed by atoms with Crippen LogP contribution in [0, 0.1) is 5.92 Å². The number of carboxylic acid groups (broad SMARTS) is 1. The van der Waals surface area contributed by atoms with Crippen LogP contribution in [0.2, 0.25) is 0 Å². The Morgan fingerprint density at radius 1 is 1.07 bits per heavy atom. The van der Waals surface area contributed by atoms with E-state index in [1.165, 1.54) is 0 Å². The number of nitrogens with zero attached hydrogens (tertiary/aromatic N) is 1. The van der Waals surface area contributed by atoms with Crippen molar-refractivity contribution >= 4 is 23.5 Å². The van der Waals surface area contributed by atoms with E-state index in [1.807, 2.05) is 0 Å². The van der Waals surface area contributed by atoms with Crippen LogP contribution >= 0.6 is 0 Å². The zero-order valence-corrected chi connectivity index (χ0v) is 16.1. The van der Waals surface area contributed by atoms with Gasteiger partial charge in [0.25, 0.3) is 5.91 Å². The first kappa shape index (κ1) is 20.3. The van der Waals surface area contributed by atoms with Gasteiger partial charge in [0.2, 0.25) is 5.91 Å². The normalized spacial score (nSPS) is 20.6. The van der Waals surface area contributed by atoms with Crippen LogP contribution in [-0.4, -0.2) is 53.6 Å². The van der Waals surface area contributed by atoms with E-state index in [-0.39, 0.29) is 23.8 Å². The second-order valence-corrected chi connectivity index (χ2v) is 7.56. The van der Waals surface area contributed by atoms with Crippen molar-refractivity contribution in [2.75, 3.05) is 25.0 Å². The number of aliphatic carboxylic acids is 1. The molecule has 2 fully saturated rings. The Morgan fingerprint density at radius 3 is 2.39 bits per heavy atom. The molecular formula is C21H28N2O5. The molecule has 0 aliphatic carbocycles. The number of benzene rings is 1. The Morgan fingerprint density at radius 2 is 1.79 bits per heavy atom. The summed E-state index contributed by atoms with van der Waals surface area (Å²) in [7, 11) is 0. The summed E-state index contributed by atoms with van der Waals surface area (Å²) >= 11 is 0. The number of piperidine rings is 1. The van der Waals surface area contributed by atoms with Crippen LogP contribution in [0.3, 0.4) is 0 Å². The fourth-order valence-corrected chi connectivity index (χ4v) is 3.76. The summed E-state index contributed by atoms with van der Waals surface area (Å²) in [6.07, 6.45) is 5.59. The van der Waals surface area contributed by atoms with Crippen LogP contribution < -0.4 is 5.32 Å². The molecule has 28 heavy (non-hydrogen) atoms. The first-order chi connectivity index (χ1) is 13.5. The maximum Gasteiger partial charge on any atom is 0.306 e. The maximum absolute atomic E-state index is 12.6. The van der Waals surface area contributed by atoms with E-state index in [4.69, 9.17) is 9.84 Å². The van der Waals surface area contributed by atoms with Crippen molar-refractivity contribution < 1.29 is 24.2 Å². The third-order valence-corrected chi connectivity index (χ3v) is 5.51. The van der Waals surface area contributed by atoms with E-state index in [9.17, 15) is 14.4 Å². The molecule has 1 atom stereocenters. The zero-order valence-electron chi connectivity index (χ0n) is 16.1. The van der Waals surface area contributed by atoms with E-state index >= 15 is 0 Å². The van der Waals surface area contributed by atoms with Gasteiger partial charge in [-0.3, -0.25) is 14.4 Å². The predicted molar refractivity (Wildman–Crippen MR) is 104 cm³/mol. The van der Waals surface area contributed by atoms with Crippen molar-refractivity contribution in [2.24, 2.45) is 5.92 Å². The molecule has 2 aliphatic heterocycles. The van der Waals surface area contributed by atoms with Gasteiger partial charge in [0.1, 0.15) is 0 Å². The summed E-state index contributed by atoms with van der Waals surface area (Å²) in [6, 6.07) is 6.86. The minimum absolute atomic E-state index is 0.0519. The van der Waals surface area contributed by atoms with Crippen molar-refractivity contribution in [1.82, 2.24) is 4.90 Å². The molecule has 7 heteroatoms. The van der Waals surface area contributed by atoms with Crippen LogP contribution in [0.4, 0.5) is 5.69 Å². The van der Waals surface area contributed by atoms with Crippen LogP contribution in [-0.2, 0) is 14.3 Å². The highest BCUT2D eigenvalue weighted by atomic mass is 16.5. The lowest BCUT2D eigenvalue weighted by molar-refractivity contribution is -0.143. The zero-order chi connectivity index (χ0) is 19.9. The number of ether oxygens (including phenoxy) is 1. The molecule has 7 nitrogen and oxygen atoms in total. The Balaban J connectivity index is 1.45. The molecule has 152 valence electrons. The quantitative estimate of drug-likeness (QED) is 0.781. The molecule has 2 heterocycles. The average Bonchev–Trinajstić information content (AvgIpc) is 2.73. The molecular weight excluding hydrogens is 360 g/mol. The number of carbonyl (C=O) groups excluding carboxylic acids is 2. The van der Waals surface area contributed by atoms with Crippen molar-refractivity contribution in [3.8, 4) is 0 Å². The van der Waals surface area contributed by atoms with Gasteiger partial charge < -0.3 is 20.1 Å². The maximum atomic E-state index is 12.6. The standard InChI is InChI=1S/C21H28N2O5/c24-19(9-8-18-3-1-2-14-28-18)22-17-6-4-15(5-7-17)20(25)23-12-10-16(11-13-23)21(26)27/h4-7,16,18H,1-3,8-14H2,(H,22,24)(H,26,27). The van der Waals surface area contributed by atoms with Crippen LogP contribution in [0.5, 0.6) is 0 Å². The molecule has 0 radical (unpaired) electrons. The Labute approximate surface area is 165 Å². The Kier molecular flexibility index (Phi) is 7.03. The van der Waals surface area contributed by atoms with E-state index in [1.54, 1.807) is 29.2 Å². The van der Waals surface area contributed by atoms with E-state index < -0.39 is 5.97 Å². The minimum Gasteiger partial charge on any atom is -0.481 e. The molecule has 1 unspecified atom stereocenters. The summed E-state index contributed by atoms with van der Waals surface area (Å²) in [5, 5.41) is 11.9. The predicted octanol–water partition coefficient (Wildman–Crippen LogP) is 2.91. The average molecular weight is 388 g/mol. The lowest BCUT2D eigenvalue weighted by Crippen LogP contribution is -2.40. The lowest BCUT2D eigenvalue weighted by Gasteiger charge is -2.30. The Bertz CT molecular complexity index is 689. The summed E-state index contributed by atoms with van der Waals surface area (Å²) in [4.78, 5) is 37.4. The molecule has 0 aromatic heterocycles. The summed E-state index contributed by atoms with van der Waals surface area (Å²) < 4.78 is 5.64. The monoisotopic (exact) mass is 388 g/mol. The van der Waals surface area contributed by atoms with Gasteiger partial charge in [-0.1, -0.05) is 0 Å². The van der Waals surface area contributed by atoms with Gasteiger partial charge in [0.05, 0.1) is 12.0 Å². The number of nitrogens with one attached hydrogen (secondary N) is 1. The molecule has 3 rings (SSSR count). The molecule has 1 aromatic rings. The van der Waals surface area contributed by atoms with Crippen molar-refractivity contribution in [3.63, 3.8) is 0 Å². The van der Waals surface area contributed by atoms with Gasteiger partial charge in [-0.05, 0) is 62.8 Å². The molecule has 2 N–H and O–H groups in total. The first-order valence-corrected chi connectivity index (χ1v) is 10.1. The molecule has 1 aromatic carbocycles. The van der Waals surface area contributed by atoms with Gasteiger partial charge in [0, 0.05) is 37.4 Å². The van der Waals surface area contributed by atoms with Gasteiger partial charge in [-0.15, -0.1) is 0 Å². The number of anilines is 1. The fourth-order valence-electron chi connectivity index (χ4n) is 3.76. The second kappa shape index (κ2) is 9.68. The van der Waals surface area contributed by atoms with Crippen molar-refractivity contribution in [3.05, 3.63) is 29.8 Å². The molecule has 0 bridgehead atoms. The minimum atomic E-state index is -0.790. The SMILES string of the molecule is O=C(CCC1CCCCO1)Nc1ccc(C(=O)N2CCC(C(=O)O)CC2)cc1. The van der Waals surface area contributed by atoms with Crippen LogP contribution in [0.25, 0.3) is 0 Å².